The molecule has 3 nitrogen and oxygen atoms in total. The first kappa shape index (κ1) is 13.5. The predicted octanol–water partition coefficient (Wildman–Crippen LogP) is 3.75. The Morgan fingerprint density at radius 1 is 1.21 bits per heavy atom. The summed E-state index contributed by atoms with van der Waals surface area (Å²) in [6.07, 6.45) is -4.74. The molecule has 0 aliphatic carbocycles. The molecule has 1 N–H and O–H groups in total. The zero-order valence-electron chi connectivity index (χ0n) is 10.2. The monoisotopic (exact) mass is 273 g/mol. The molecule has 2 aromatic rings. The van der Waals surface area contributed by atoms with E-state index in [0.29, 0.717) is 11.9 Å². The third-order valence-corrected chi connectivity index (χ3v) is 2.58. The van der Waals surface area contributed by atoms with Crippen molar-refractivity contribution in [3.63, 3.8) is 0 Å². The van der Waals surface area contributed by atoms with Crippen LogP contribution in [0.15, 0.2) is 18.2 Å². The van der Waals surface area contributed by atoms with E-state index in [0.717, 1.165) is 6.07 Å². The lowest BCUT2D eigenvalue weighted by atomic mass is 10.1. The molecule has 7 heteroatoms. The van der Waals surface area contributed by atoms with Crippen LogP contribution in [0.25, 0.3) is 11.4 Å². The highest BCUT2D eigenvalue weighted by Gasteiger charge is 2.34. The minimum atomic E-state index is -4.74. The third kappa shape index (κ3) is 2.74. The van der Waals surface area contributed by atoms with Gasteiger partial charge in [-0.1, -0.05) is 13.8 Å². The zero-order valence-corrected chi connectivity index (χ0v) is 10.2. The third-order valence-electron chi connectivity index (χ3n) is 2.58. The van der Waals surface area contributed by atoms with Crippen molar-refractivity contribution < 1.29 is 17.6 Å². The van der Waals surface area contributed by atoms with Crippen molar-refractivity contribution in [3.8, 4) is 11.4 Å². The van der Waals surface area contributed by atoms with E-state index in [1.54, 1.807) is 0 Å². The normalized spacial score (nSPS) is 12.2. The fraction of sp³-hybridized carbons (Fsp3) is 0.333. The summed E-state index contributed by atoms with van der Waals surface area (Å²) in [6, 6.07) is 2.70. The van der Waals surface area contributed by atoms with Gasteiger partial charge in [0.1, 0.15) is 11.6 Å². The van der Waals surface area contributed by atoms with Crippen LogP contribution in [0.2, 0.25) is 0 Å². The first-order chi connectivity index (χ1) is 8.79. The topological polar surface area (TPSA) is 41.6 Å². The van der Waals surface area contributed by atoms with E-state index in [9.17, 15) is 17.6 Å². The molecule has 102 valence electrons. The van der Waals surface area contributed by atoms with Crippen LogP contribution < -0.4 is 0 Å². The average molecular weight is 273 g/mol. The fourth-order valence-electron chi connectivity index (χ4n) is 1.54. The van der Waals surface area contributed by atoms with Crippen molar-refractivity contribution in [2.75, 3.05) is 0 Å². The lowest BCUT2D eigenvalue weighted by Gasteiger charge is -2.08. The fourth-order valence-corrected chi connectivity index (χ4v) is 1.54. The lowest BCUT2D eigenvalue weighted by Crippen LogP contribution is -2.08. The summed E-state index contributed by atoms with van der Waals surface area (Å²) < 4.78 is 50.9. The van der Waals surface area contributed by atoms with Gasteiger partial charge in [-0.05, 0) is 18.2 Å². The quantitative estimate of drug-likeness (QED) is 0.846. The number of aromatic nitrogens is 3. The molecule has 0 fully saturated rings. The molecule has 0 saturated heterocycles. The molecule has 0 atom stereocenters. The first-order valence-electron chi connectivity index (χ1n) is 5.58. The van der Waals surface area contributed by atoms with Crippen molar-refractivity contribution >= 4 is 0 Å². The first-order valence-corrected chi connectivity index (χ1v) is 5.58. The molecule has 0 bridgehead atoms. The van der Waals surface area contributed by atoms with Crippen LogP contribution in [0.5, 0.6) is 0 Å². The van der Waals surface area contributed by atoms with Gasteiger partial charge in [0.15, 0.2) is 5.82 Å². The van der Waals surface area contributed by atoms with Crippen LogP contribution in [-0.2, 0) is 6.18 Å². The highest BCUT2D eigenvalue weighted by atomic mass is 19.4. The van der Waals surface area contributed by atoms with Gasteiger partial charge in [-0.15, -0.1) is 0 Å². The average Bonchev–Trinajstić information content (AvgIpc) is 2.77. The maximum Gasteiger partial charge on any atom is 0.419 e. The van der Waals surface area contributed by atoms with Gasteiger partial charge in [-0.2, -0.15) is 18.3 Å². The van der Waals surface area contributed by atoms with Crippen LogP contribution in [0.3, 0.4) is 0 Å². The van der Waals surface area contributed by atoms with E-state index >= 15 is 0 Å². The van der Waals surface area contributed by atoms with Gasteiger partial charge in [-0.25, -0.2) is 9.37 Å². The summed E-state index contributed by atoms with van der Waals surface area (Å²) in [7, 11) is 0. The molecule has 0 aliphatic heterocycles. The number of benzene rings is 1. The summed E-state index contributed by atoms with van der Waals surface area (Å²) in [4.78, 5) is 4.08. The lowest BCUT2D eigenvalue weighted by molar-refractivity contribution is -0.139. The van der Waals surface area contributed by atoms with Crippen molar-refractivity contribution in [2.24, 2.45) is 0 Å². The molecular formula is C12H11F4N3. The maximum absolute atomic E-state index is 13.1. The van der Waals surface area contributed by atoms with E-state index < -0.39 is 17.6 Å². The highest BCUT2D eigenvalue weighted by molar-refractivity contribution is 5.56. The van der Waals surface area contributed by atoms with Crippen molar-refractivity contribution in [1.29, 1.82) is 0 Å². The smallest absolute Gasteiger partial charge is 0.262 e. The molecule has 1 heterocycles. The molecule has 0 unspecified atom stereocenters. The standard InChI is InChI=1S/C12H11F4N3/c1-6(2)10-17-11(19-18-10)7-3-4-9(13)8(5-7)12(14,15)16/h3-6H,1-2H3,(H,17,18,19). The van der Waals surface area contributed by atoms with Crippen LogP contribution >= 0.6 is 0 Å². The Morgan fingerprint density at radius 3 is 2.42 bits per heavy atom. The van der Waals surface area contributed by atoms with Crippen LogP contribution in [-0.4, -0.2) is 15.2 Å². The molecule has 0 radical (unpaired) electrons. The Kier molecular flexibility index (Phi) is 3.30. The van der Waals surface area contributed by atoms with E-state index in [1.165, 1.54) is 6.07 Å². The van der Waals surface area contributed by atoms with Gasteiger partial charge in [0.25, 0.3) is 0 Å². The van der Waals surface area contributed by atoms with E-state index in [-0.39, 0.29) is 17.3 Å². The van der Waals surface area contributed by atoms with Gasteiger partial charge in [0.05, 0.1) is 5.56 Å². The summed E-state index contributed by atoms with van der Waals surface area (Å²) in [5.74, 6) is -0.554. The summed E-state index contributed by atoms with van der Waals surface area (Å²) in [5, 5.41) is 6.48. The molecule has 2 rings (SSSR count). The Balaban J connectivity index is 2.45. The van der Waals surface area contributed by atoms with Crippen molar-refractivity contribution in [3.05, 3.63) is 35.4 Å². The highest BCUT2D eigenvalue weighted by Crippen LogP contribution is 2.33. The second-order valence-corrected chi connectivity index (χ2v) is 4.39. The zero-order chi connectivity index (χ0) is 14.2. The second-order valence-electron chi connectivity index (χ2n) is 4.39. The molecular weight excluding hydrogens is 262 g/mol. The Hall–Kier alpha value is -1.92. The van der Waals surface area contributed by atoms with Crippen LogP contribution in [0.1, 0.15) is 31.2 Å². The number of aromatic amines is 1. The van der Waals surface area contributed by atoms with Crippen LogP contribution in [0, 0.1) is 5.82 Å². The van der Waals surface area contributed by atoms with E-state index in [1.807, 2.05) is 13.8 Å². The number of H-pyrrole nitrogens is 1. The largest absolute Gasteiger partial charge is 0.419 e. The van der Waals surface area contributed by atoms with Crippen molar-refractivity contribution in [2.45, 2.75) is 25.9 Å². The SMILES string of the molecule is CC(C)c1nc(-c2ccc(F)c(C(F)(F)F)c2)n[nH]1. The molecule has 19 heavy (non-hydrogen) atoms. The van der Waals surface area contributed by atoms with Gasteiger partial charge in [0, 0.05) is 11.5 Å². The predicted molar refractivity (Wildman–Crippen MR) is 60.9 cm³/mol. The molecule has 0 amide bonds. The van der Waals surface area contributed by atoms with Gasteiger partial charge in [0.2, 0.25) is 0 Å². The molecule has 0 saturated carbocycles. The van der Waals surface area contributed by atoms with Crippen LogP contribution in [0.4, 0.5) is 17.6 Å². The second kappa shape index (κ2) is 4.64. The minimum Gasteiger partial charge on any atom is -0.262 e. The summed E-state index contributed by atoms with van der Waals surface area (Å²) >= 11 is 0. The van der Waals surface area contributed by atoms with E-state index in [4.69, 9.17) is 0 Å². The van der Waals surface area contributed by atoms with Gasteiger partial charge >= 0.3 is 6.18 Å². The summed E-state index contributed by atoms with van der Waals surface area (Å²) in [6.45, 7) is 3.74. The number of halogens is 4. The molecule has 0 spiro atoms. The number of hydrogen-bond acceptors (Lipinski definition) is 2. The molecule has 1 aromatic carbocycles. The number of nitrogens with zero attached hydrogens (tertiary/aromatic N) is 2. The van der Waals surface area contributed by atoms with Gasteiger partial charge in [-0.3, -0.25) is 5.10 Å². The molecule has 1 aromatic heterocycles. The Bertz CT molecular complexity index is 587. The summed E-state index contributed by atoms with van der Waals surface area (Å²) in [5.41, 5.74) is -1.20. The maximum atomic E-state index is 13.1. The number of alkyl halides is 3. The van der Waals surface area contributed by atoms with Gasteiger partial charge < -0.3 is 0 Å². The van der Waals surface area contributed by atoms with Crippen molar-refractivity contribution in [1.82, 2.24) is 15.2 Å². The molecule has 0 aliphatic rings. The van der Waals surface area contributed by atoms with E-state index in [2.05, 4.69) is 15.2 Å². The number of rotatable bonds is 2. The minimum absolute atomic E-state index is 0.0729. The number of nitrogens with one attached hydrogen (secondary N) is 1. The number of hydrogen-bond donors (Lipinski definition) is 1. The Labute approximate surface area is 106 Å². The Morgan fingerprint density at radius 2 is 1.89 bits per heavy atom.